The molecule has 2 aromatic heterocycles. The molecule has 1 amide bonds. The summed E-state index contributed by atoms with van der Waals surface area (Å²) < 4.78 is 6.96. The van der Waals surface area contributed by atoms with Crippen molar-refractivity contribution in [2.75, 3.05) is 13.7 Å². The fourth-order valence-electron chi connectivity index (χ4n) is 4.42. The first-order valence-corrected chi connectivity index (χ1v) is 9.93. The van der Waals surface area contributed by atoms with Gasteiger partial charge < -0.3 is 19.2 Å². The predicted molar refractivity (Wildman–Crippen MR) is 110 cm³/mol. The number of amides is 1. The van der Waals surface area contributed by atoms with Crippen molar-refractivity contribution < 1.29 is 14.3 Å². The molecular formula is C22H26N4O3. The van der Waals surface area contributed by atoms with Crippen LogP contribution in [0.3, 0.4) is 0 Å². The number of rotatable bonds is 3. The van der Waals surface area contributed by atoms with Gasteiger partial charge in [0.25, 0.3) is 5.91 Å². The first-order chi connectivity index (χ1) is 13.9. The molecule has 1 N–H and O–H groups in total. The molecule has 0 bridgehead atoms. The minimum atomic E-state index is -0.430. The molecule has 1 saturated heterocycles. The predicted octanol–water partition coefficient (Wildman–Crippen LogP) is 3.67. The van der Waals surface area contributed by atoms with E-state index in [2.05, 4.69) is 9.55 Å². The van der Waals surface area contributed by atoms with Gasteiger partial charge in [0, 0.05) is 19.3 Å². The fraction of sp³-hybridized carbons (Fsp3) is 0.409. The molecule has 7 heteroatoms. The number of nitrogens with one attached hydrogen (secondary N) is 1. The molecule has 0 spiro atoms. The second-order valence-corrected chi connectivity index (χ2v) is 7.64. The Morgan fingerprint density at radius 3 is 2.69 bits per heavy atom. The van der Waals surface area contributed by atoms with Crippen LogP contribution in [0.25, 0.3) is 11.0 Å². The number of aryl methyl sites for hydroxylation is 2. The van der Waals surface area contributed by atoms with Gasteiger partial charge in [0.1, 0.15) is 11.5 Å². The number of aromatic amines is 1. The number of ether oxygens (including phenoxy) is 1. The Morgan fingerprint density at radius 1 is 1.21 bits per heavy atom. The highest BCUT2D eigenvalue weighted by Gasteiger charge is 2.34. The van der Waals surface area contributed by atoms with Crippen LogP contribution in [0, 0.1) is 13.8 Å². The first-order valence-electron chi connectivity index (χ1n) is 9.93. The lowest BCUT2D eigenvalue weighted by atomic mass is 10.00. The second-order valence-electron chi connectivity index (χ2n) is 7.64. The average molecular weight is 394 g/mol. The Bertz CT molecular complexity index is 1100. The minimum absolute atomic E-state index is 0.0989. The molecule has 7 nitrogen and oxygen atoms in total. The SMILES string of the molecule is COC(=O)c1c(C)[nH]c(C(=O)N2CCCC[C@H]2c2nc3ccccc3n2C)c1C. The zero-order valence-corrected chi connectivity index (χ0v) is 17.3. The van der Waals surface area contributed by atoms with Crippen molar-refractivity contribution >= 4 is 22.9 Å². The molecule has 0 radical (unpaired) electrons. The van der Waals surface area contributed by atoms with Gasteiger partial charge in [-0.1, -0.05) is 12.1 Å². The number of hydrogen-bond donors (Lipinski definition) is 1. The highest BCUT2D eigenvalue weighted by atomic mass is 16.5. The van der Waals surface area contributed by atoms with E-state index in [1.165, 1.54) is 7.11 Å². The number of imidazole rings is 1. The average Bonchev–Trinajstić information content (AvgIpc) is 3.23. The standard InChI is InChI=1S/C22H26N4O3/c1-13-18(22(28)29-4)14(2)23-19(13)21(27)26-12-8-7-11-17(26)20-24-15-9-5-6-10-16(15)25(20)3/h5-6,9-10,17,23H,7-8,11-12H2,1-4H3/t17-/m0/s1. The van der Waals surface area contributed by atoms with Crippen molar-refractivity contribution in [1.29, 1.82) is 0 Å². The second kappa shape index (κ2) is 7.39. The number of carbonyl (C=O) groups excluding carboxylic acids is 2. The number of hydrogen-bond acceptors (Lipinski definition) is 4. The quantitative estimate of drug-likeness (QED) is 0.688. The molecule has 1 fully saturated rings. The molecule has 1 aromatic carbocycles. The van der Waals surface area contributed by atoms with E-state index < -0.39 is 5.97 Å². The van der Waals surface area contributed by atoms with E-state index in [0.717, 1.165) is 36.1 Å². The number of piperidine rings is 1. The lowest BCUT2D eigenvalue weighted by Gasteiger charge is -2.35. The summed E-state index contributed by atoms with van der Waals surface area (Å²) in [5.74, 6) is 0.367. The monoisotopic (exact) mass is 394 g/mol. The maximum Gasteiger partial charge on any atom is 0.339 e. The number of fused-ring (bicyclic) bond motifs is 1. The van der Waals surface area contributed by atoms with Crippen molar-refractivity contribution in [2.24, 2.45) is 7.05 Å². The number of esters is 1. The van der Waals surface area contributed by atoms with Gasteiger partial charge in [0.05, 0.1) is 29.7 Å². The van der Waals surface area contributed by atoms with Crippen LogP contribution < -0.4 is 0 Å². The van der Waals surface area contributed by atoms with Gasteiger partial charge in [0.2, 0.25) is 0 Å². The zero-order chi connectivity index (χ0) is 20.7. The third kappa shape index (κ3) is 3.10. The number of H-pyrrole nitrogens is 1. The van der Waals surface area contributed by atoms with Crippen molar-refractivity contribution in [3.63, 3.8) is 0 Å². The zero-order valence-electron chi connectivity index (χ0n) is 17.3. The van der Waals surface area contributed by atoms with E-state index in [4.69, 9.17) is 9.72 Å². The van der Waals surface area contributed by atoms with Crippen molar-refractivity contribution in [3.05, 3.63) is 52.6 Å². The van der Waals surface area contributed by atoms with Gasteiger partial charge in [0.15, 0.2) is 0 Å². The molecule has 1 aliphatic heterocycles. The maximum absolute atomic E-state index is 13.5. The van der Waals surface area contributed by atoms with E-state index in [1.54, 1.807) is 13.8 Å². The van der Waals surface area contributed by atoms with Crippen LogP contribution in [-0.4, -0.2) is 45.0 Å². The van der Waals surface area contributed by atoms with Crippen LogP contribution in [0.2, 0.25) is 0 Å². The number of benzene rings is 1. The van der Waals surface area contributed by atoms with E-state index in [-0.39, 0.29) is 11.9 Å². The Kier molecular flexibility index (Phi) is 4.90. The third-order valence-electron chi connectivity index (χ3n) is 5.92. The van der Waals surface area contributed by atoms with Gasteiger partial charge in [-0.2, -0.15) is 0 Å². The summed E-state index contributed by atoms with van der Waals surface area (Å²) in [6.45, 7) is 4.24. The van der Waals surface area contributed by atoms with Gasteiger partial charge >= 0.3 is 5.97 Å². The molecule has 0 unspecified atom stereocenters. The van der Waals surface area contributed by atoms with E-state index in [9.17, 15) is 9.59 Å². The minimum Gasteiger partial charge on any atom is -0.465 e. The highest BCUT2D eigenvalue weighted by molar-refractivity contribution is 6.00. The molecule has 0 saturated carbocycles. The van der Waals surface area contributed by atoms with Crippen LogP contribution in [0.5, 0.6) is 0 Å². The Labute approximate surface area is 169 Å². The summed E-state index contributed by atoms with van der Waals surface area (Å²) in [5.41, 5.74) is 4.16. The molecule has 1 atom stereocenters. The molecule has 29 heavy (non-hydrogen) atoms. The highest BCUT2D eigenvalue weighted by Crippen LogP contribution is 2.34. The van der Waals surface area contributed by atoms with Crippen LogP contribution >= 0.6 is 0 Å². The third-order valence-corrected chi connectivity index (χ3v) is 5.92. The molecule has 4 rings (SSSR count). The van der Waals surface area contributed by atoms with Crippen LogP contribution in [0.1, 0.15) is 63.2 Å². The summed E-state index contributed by atoms with van der Waals surface area (Å²) >= 11 is 0. The van der Waals surface area contributed by atoms with E-state index in [0.29, 0.717) is 29.1 Å². The number of nitrogens with zero attached hydrogens (tertiary/aromatic N) is 3. The Hall–Kier alpha value is -3.09. The Balaban J connectivity index is 1.74. The van der Waals surface area contributed by atoms with Gasteiger partial charge in [-0.25, -0.2) is 9.78 Å². The van der Waals surface area contributed by atoms with E-state index in [1.807, 2.05) is 36.2 Å². The number of methoxy groups -OCH3 is 1. The molecule has 0 aliphatic carbocycles. The molecule has 1 aliphatic rings. The summed E-state index contributed by atoms with van der Waals surface area (Å²) in [6.07, 6.45) is 2.87. The molecule has 3 aromatic rings. The van der Waals surface area contributed by atoms with Gasteiger partial charge in [-0.3, -0.25) is 4.79 Å². The number of aromatic nitrogens is 3. The smallest absolute Gasteiger partial charge is 0.339 e. The molecular weight excluding hydrogens is 368 g/mol. The number of carbonyl (C=O) groups is 2. The lowest BCUT2D eigenvalue weighted by molar-refractivity contribution is 0.0590. The lowest BCUT2D eigenvalue weighted by Crippen LogP contribution is -2.40. The van der Waals surface area contributed by atoms with Crippen LogP contribution in [0.15, 0.2) is 24.3 Å². The summed E-state index contributed by atoms with van der Waals surface area (Å²) in [6, 6.07) is 7.91. The summed E-state index contributed by atoms with van der Waals surface area (Å²) in [7, 11) is 3.35. The van der Waals surface area contributed by atoms with Gasteiger partial charge in [-0.15, -0.1) is 0 Å². The van der Waals surface area contributed by atoms with Crippen LogP contribution in [0.4, 0.5) is 0 Å². The molecule has 3 heterocycles. The number of likely N-dealkylation sites (tertiary alicyclic amines) is 1. The van der Waals surface area contributed by atoms with Crippen molar-refractivity contribution in [3.8, 4) is 0 Å². The fourth-order valence-corrected chi connectivity index (χ4v) is 4.42. The maximum atomic E-state index is 13.5. The summed E-state index contributed by atoms with van der Waals surface area (Å²) in [5, 5.41) is 0. The van der Waals surface area contributed by atoms with Crippen molar-refractivity contribution in [2.45, 2.75) is 39.2 Å². The number of para-hydroxylation sites is 2. The van der Waals surface area contributed by atoms with Crippen LogP contribution in [-0.2, 0) is 11.8 Å². The van der Waals surface area contributed by atoms with Gasteiger partial charge in [-0.05, 0) is 50.8 Å². The van der Waals surface area contributed by atoms with Crippen molar-refractivity contribution in [1.82, 2.24) is 19.4 Å². The topological polar surface area (TPSA) is 80.2 Å². The summed E-state index contributed by atoms with van der Waals surface area (Å²) in [4.78, 5) is 35.5. The normalized spacial score (nSPS) is 17.0. The first kappa shape index (κ1) is 19.2. The Morgan fingerprint density at radius 2 is 1.97 bits per heavy atom. The van der Waals surface area contributed by atoms with E-state index >= 15 is 0 Å². The largest absolute Gasteiger partial charge is 0.465 e. The molecule has 152 valence electrons.